The van der Waals surface area contributed by atoms with Crippen molar-refractivity contribution in [1.82, 2.24) is 9.88 Å². The number of rotatable bonds is 7. The molecule has 0 radical (unpaired) electrons. The molecule has 0 atom stereocenters. The highest BCUT2D eigenvalue weighted by Crippen LogP contribution is 2.28. The molecule has 0 unspecified atom stereocenters. The van der Waals surface area contributed by atoms with E-state index in [4.69, 9.17) is 5.26 Å². The topological polar surface area (TPSA) is 52.0 Å². The van der Waals surface area contributed by atoms with Crippen molar-refractivity contribution in [3.63, 3.8) is 0 Å². The first kappa shape index (κ1) is 12.8. The third-order valence-corrected chi connectivity index (χ3v) is 3.14. The summed E-state index contributed by atoms with van der Waals surface area (Å²) in [6.45, 7) is 4.72. The molecule has 1 N–H and O–H groups in total. The summed E-state index contributed by atoms with van der Waals surface area (Å²) in [6, 6.07) is 6.99. The average molecular weight is 244 g/mol. The zero-order chi connectivity index (χ0) is 12.8. The van der Waals surface area contributed by atoms with Gasteiger partial charge in [0.2, 0.25) is 0 Å². The summed E-state index contributed by atoms with van der Waals surface area (Å²) in [5.41, 5.74) is 2.21. The maximum Gasteiger partial charge on any atom is 0.0635 e. The van der Waals surface area contributed by atoms with Crippen LogP contribution < -0.4 is 5.32 Å². The van der Waals surface area contributed by atoms with Crippen LogP contribution in [0.15, 0.2) is 18.3 Å². The van der Waals surface area contributed by atoms with Crippen molar-refractivity contribution in [3.8, 4) is 6.07 Å². The van der Waals surface area contributed by atoms with E-state index in [9.17, 15) is 0 Å². The Morgan fingerprint density at radius 1 is 1.56 bits per heavy atom. The van der Waals surface area contributed by atoms with Crippen molar-refractivity contribution >= 4 is 5.69 Å². The lowest BCUT2D eigenvalue weighted by atomic mass is 10.2. The van der Waals surface area contributed by atoms with Gasteiger partial charge in [-0.15, -0.1) is 0 Å². The molecule has 0 bridgehead atoms. The van der Waals surface area contributed by atoms with E-state index < -0.39 is 0 Å². The molecule has 1 aromatic rings. The van der Waals surface area contributed by atoms with Gasteiger partial charge in [0.05, 0.1) is 11.8 Å². The number of hydrogen-bond donors (Lipinski definition) is 1. The number of pyridine rings is 1. The SMILES string of the molecule is CCNc1ccnc(CN(CCC#N)C2CC2)c1. The van der Waals surface area contributed by atoms with E-state index in [0.29, 0.717) is 12.5 Å². The normalized spacial score (nSPS) is 14.5. The van der Waals surface area contributed by atoms with Crippen molar-refractivity contribution in [2.75, 3.05) is 18.4 Å². The molecule has 4 heteroatoms. The molecule has 96 valence electrons. The Bertz CT molecular complexity index is 420. The van der Waals surface area contributed by atoms with Gasteiger partial charge < -0.3 is 5.32 Å². The van der Waals surface area contributed by atoms with Gasteiger partial charge >= 0.3 is 0 Å². The fraction of sp³-hybridized carbons (Fsp3) is 0.571. The Balaban J connectivity index is 1.97. The number of anilines is 1. The summed E-state index contributed by atoms with van der Waals surface area (Å²) in [7, 11) is 0. The van der Waals surface area contributed by atoms with Crippen LogP contribution in [0.3, 0.4) is 0 Å². The summed E-state index contributed by atoms with van der Waals surface area (Å²) in [6.07, 6.45) is 4.97. The molecule has 1 aromatic heterocycles. The van der Waals surface area contributed by atoms with E-state index in [2.05, 4.69) is 34.3 Å². The monoisotopic (exact) mass is 244 g/mol. The van der Waals surface area contributed by atoms with Crippen LogP contribution in [-0.2, 0) is 6.54 Å². The van der Waals surface area contributed by atoms with E-state index in [0.717, 1.165) is 31.0 Å². The first-order valence-corrected chi connectivity index (χ1v) is 6.63. The van der Waals surface area contributed by atoms with E-state index in [-0.39, 0.29) is 0 Å². The lowest BCUT2D eigenvalue weighted by Crippen LogP contribution is -2.27. The fourth-order valence-electron chi connectivity index (χ4n) is 2.11. The molecule has 1 saturated carbocycles. The second-order valence-corrected chi connectivity index (χ2v) is 4.68. The minimum atomic E-state index is 0.601. The van der Waals surface area contributed by atoms with E-state index in [1.165, 1.54) is 12.8 Å². The molecule has 1 fully saturated rings. The molecule has 4 nitrogen and oxygen atoms in total. The Morgan fingerprint density at radius 3 is 3.06 bits per heavy atom. The molecule has 0 spiro atoms. The van der Waals surface area contributed by atoms with Gasteiger partial charge in [0.1, 0.15) is 0 Å². The summed E-state index contributed by atoms with van der Waals surface area (Å²) >= 11 is 0. The van der Waals surface area contributed by atoms with Crippen molar-refractivity contribution in [2.45, 2.75) is 38.8 Å². The number of nitrogens with one attached hydrogen (secondary N) is 1. The van der Waals surface area contributed by atoms with Crippen molar-refractivity contribution in [2.24, 2.45) is 0 Å². The van der Waals surface area contributed by atoms with Gasteiger partial charge in [0.15, 0.2) is 0 Å². The number of aromatic nitrogens is 1. The first-order valence-electron chi connectivity index (χ1n) is 6.63. The van der Waals surface area contributed by atoms with Gasteiger partial charge in [-0.2, -0.15) is 5.26 Å². The minimum absolute atomic E-state index is 0.601. The molecule has 18 heavy (non-hydrogen) atoms. The molecule has 0 amide bonds. The lowest BCUT2D eigenvalue weighted by molar-refractivity contribution is 0.258. The largest absolute Gasteiger partial charge is 0.385 e. The molecule has 0 aliphatic heterocycles. The molecular formula is C14H20N4. The zero-order valence-electron chi connectivity index (χ0n) is 10.9. The summed E-state index contributed by atoms with van der Waals surface area (Å²) in [4.78, 5) is 6.79. The van der Waals surface area contributed by atoms with E-state index in [1.807, 2.05) is 12.3 Å². The van der Waals surface area contributed by atoms with Crippen molar-refractivity contribution < 1.29 is 0 Å². The Hall–Kier alpha value is -1.60. The molecule has 1 heterocycles. The van der Waals surface area contributed by atoms with Crippen LogP contribution >= 0.6 is 0 Å². The molecular weight excluding hydrogens is 224 g/mol. The predicted molar refractivity (Wildman–Crippen MR) is 72.1 cm³/mol. The summed E-state index contributed by atoms with van der Waals surface area (Å²) in [5.74, 6) is 0. The van der Waals surface area contributed by atoms with Crippen LogP contribution in [0, 0.1) is 11.3 Å². The number of hydrogen-bond acceptors (Lipinski definition) is 4. The maximum absolute atomic E-state index is 8.70. The third kappa shape index (κ3) is 3.71. The van der Waals surface area contributed by atoms with Crippen LogP contribution in [0.2, 0.25) is 0 Å². The fourth-order valence-corrected chi connectivity index (χ4v) is 2.11. The van der Waals surface area contributed by atoms with Crippen LogP contribution in [0.25, 0.3) is 0 Å². The van der Waals surface area contributed by atoms with Gasteiger partial charge in [0.25, 0.3) is 0 Å². The molecule has 2 rings (SSSR count). The van der Waals surface area contributed by atoms with Gasteiger partial charge in [-0.1, -0.05) is 0 Å². The molecule has 1 aliphatic rings. The van der Waals surface area contributed by atoms with Gasteiger partial charge in [-0.3, -0.25) is 9.88 Å². The molecule has 0 aromatic carbocycles. The Morgan fingerprint density at radius 2 is 2.39 bits per heavy atom. The second-order valence-electron chi connectivity index (χ2n) is 4.68. The second kappa shape index (κ2) is 6.36. The van der Waals surface area contributed by atoms with Gasteiger partial charge in [-0.25, -0.2) is 0 Å². The quantitative estimate of drug-likeness (QED) is 0.800. The standard InChI is InChI=1S/C14H20N4/c1-2-16-12-6-8-17-13(10-12)11-18(9-3-7-15)14-4-5-14/h6,8,10,14H,2-5,9,11H2,1H3,(H,16,17). The van der Waals surface area contributed by atoms with Crippen LogP contribution in [0.4, 0.5) is 5.69 Å². The summed E-state index contributed by atoms with van der Waals surface area (Å²) in [5, 5.41) is 12.0. The maximum atomic E-state index is 8.70. The van der Waals surface area contributed by atoms with Crippen LogP contribution in [0.1, 0.15) is 31.9 Å². The number of nitriles is 1. The first-order chi connectivity index (χ1) is 8.83. The number of nitrogens with zero attached hydrogens (tertiary/aromatic N) is 3. The van der Waals surface area contributed by atoms with Crippen LogP contribution in [0.5, 0.6) is 0 Å². The third-order valence-electron chi connectivity index (χ3n) is 3.14. The molecule has 0 saturated heterocycles. The Labute approximate surface area is 109 Å². The highest BCUT2D eigenvalue weighted by atomic mass is 15.2. The average Bonchev–Trinajstić information content (AvgIpc) is 3.19. The van der Waals surface area contributed by atoms with E-state index >= 15 is 0 Å². The zero-order valence-corrected chi connectivity index (χ0v) is 10.9. The highest BCUT2D eigenvalue weighted by molar-refractivity contribution is 5.42. The predicted octanol–water partition coefficient (Wildman–Crippen LogP) is 2.39. The Kier molecular flexibility index (Phi) is 4.54. The molecule has 1 aliphatic carbocycles. The van der Waals surface area contributed by atoms with Crippen LogP contribution in [-0.4, -0.2) is 29.0 Å². The van der Waals surface area contributed by atoms with Gasteiger partial charge in [0, 0.05) is 44.0 Å². The smallest absolute Gasteiger partial charge is 0.0635 e. The highest BCUT2D eigenvalue weighted by Gasteiger charge is 2.28. The van der Waals surface area contributed by atoms with E-state index in [1.54, 1.807) is 0 Å². The lowest BCUT2D eigenvalue weighted by Gasteiger charge is -2.20. The van der Waals surface area contributed by atoms with Crippen molar-refractivity contribution in [3.05, 3.63) is 24.0 Å². The van der Waals surface area contributed by atoms with Gasteiger partial charge in [-0.05, 0) is 31.9 Å². The minimum Gasteiger partial charge on any atom is -0.385 e. The summed E-state index contributed by atoms with van der Waals surface area (Å²) < 4.78 is 0. The van der Waals surface area contributed by atoms with Crippen molar-refractivity contribution in [1.29, 1.82) is 5.26 Å².